The highest BCUT2D eigenvalue weighted by Gasteiger charge is 2.41. The Balaban J connectivity index is 1.75. The minimum atomic E-state index is -0.201. The molecule has 0 aromatic carbocycles. The third-order valence-corrected chi connectivity index (χ3v) is 5.02. The molecule has 3 heterocycles. The summed E-state index contributed by atoms with van der Waals surface area (Å²) in [6, 6.07) is 1.83. The highest BCUT2D eigenvalue weighted by molar-refractivity contribution is 5.92. The van der Waals surface area contributed by atoms with Crippen molar-refractivity contribution in [3.05, 3.63) is 29.2 Å². The molecular weight excluding hydrogens is 322 g/mol. The third-order valence-electron chi connectivity index (χ3n) is 5.02. The van der Waals surface area contributed by atoms with Gasteiger partial charge in [0.25, 0.3) is 5.91 Å². The quantitative estimate of drug-likeness (QED) is 0.817. The summed E-state index contributed by atoms with van der Waals surface area (Å²) in [5, 5.41) is 8.42. The van der Waals surface area contributed by atoms with Crippen LogP contribution in [0.15, 0.2) is 10.6 Å². The molecule has 1 aliphatic rings. The maximum atomic E-state index is 12.8. The summed E-state index contributed by atoms with van der Waals surface area (Å²) in [6.45, 7) is 5.62. The van der Waals surface area contributed by atoms with Crippen LogP contribution >= 0.6 is 0 Å². The van der Waals surface area contributed by atoms with E-state index in [1.807, 2.05) is 17.9 Å². The zero-order valence-corrected chi connectivity index (χ0v) is 15.3. The van der Waals surface area contributed by atoms with Gasteiger partial charge in [-0.1, -0.05) is 5.16 Å². The van der Waals surface area contributed by atoms with E-state index in [1.165, 1.54) is 0 Å². The second kappa shape index (κ2) is 6.95. The Bertz CT molecular complexity index is 743. The first kappa shape index (κ1) is 17.6. The number of aryl methyl sites for hydroxylation is 3. The van der Waals surface area contributed by atoms with Gasteiger partial charge in [0.05, 0.1) is 5.69 Å². The number of hydrogen-bond donors (Lipinski definition) is 0. The van der Waals surface area contributed by atoms with Gasteiger partial charge in [0.15, 0.2) is 5.82 Å². The van der Waals surface area contributed by atoms with E-state index in [0.717, 1.165) is 30.8 Å². The molecule has 25 heavy (non-hydrogen) atoms. The van der Waals surface area contributed by atoms with Gasteiger partial charge >= 0.3 is 0 Å². The molecule has 1 saturated heterocycles. The monoisotopic (exact) mass is 347 g/mol. The molecule has 3 rings (SSSR count). The van der Waals surface area contributed by atoms with Crippen molar-refractivity contribution in [2.24, 2.45) is 7.05 Å². The molecule has 0 atom stereocenters. The first-order chi connectivity index (χ1) is 11.9. The molecule has 2 aromatic heterocycles. The second-order valence-electron chi connectivity index (χ2n) is 6.75. The van der Waals surface area contributed by atoms with Crippen LogP contribution in [-0.4, -0.2) is 57.5 Å². The largest absolute Gasteiger partial charge is 0.385 e. The Morgan fingerprint density at radius 3 is 2.60 bits per heavy atom. The van der Waals surface area contributed by atoms with E-state index in [4.69, 9.17) is 9.26 Å². The van der Waals surface area contributed by atoms with Gasteiger partial charge in [0.1, 0.15) is 5.69 Å². The highest BCUT2D eigenvalue weighted by atomic mass is 16.5. The SMILES string of the molecule is COCCC1(c2noc(C)n2)CCN(C(=O)c2cc(C)nn2C)CC1. The number of hydrogen-bond acceptors (Lipinski definition) is 6. The van der Waals surface area contributed by atoms with Crippen molar-refractivity contribution < 1.29 is 14.1 Å². The summed E-state index contributed by atoms with van der Waals surface area (Å²) in [6.07, 6.45) is 2.39. The topological polar surface area (TPSA) is 86.3 Å². The summed E-state index contributed by atoms with van der Waals surface area (Å²) < 4.78 is 12.1. The van der Waals surface area contributed by atoms with Crippen LogP contribution in [0.3, 0.4) is 0 Å². The first-order valence-corrected chi connectivity index (χ1v) is 8.55. The number of amides is 1. The number of ether oxygens (including phenoxy) is 1. The van der Waals surface area contributed by atoms with Crippen LogP contribution in [0.1, 0.15) is 47.2 Å². The number of methoxy groups -OCH3 is 1. The van der Waals surface area contributed by atoms with Crippen molar-refractivity contribution in [3.8, 4) is 0 Å². The number of aromatic nitrogens is 4. The highest BCUT2D eigenvalue weighted by Crippen LogP contribution is 2.37. The minimum Gasteiger partial charge on any atom is -0.385 e. The van der Waals surface area contributed by atoms with Crippen LogP contribution in [0.25, 0.3) is 0 Å². The van der Waals surface area contributed by atoms with Gasteiger partial charge in [-0.05, 0) is 32.3 Å². The summed E-state index contributed by atoms with van der Waals surface area (Å²) in [4.78, 5) is 19.1. The van der Waals surface area contributed by atoms with Gasteiger partial charge in [-0.3, -0.25) is 9.48 Å². The Labute approximate surface area is 147 Å². The number of nitrogens with zero attached hydrogens (tertiary/aromatic N) is 5. The van der Waals surface area contributed by atoms with Gasteiger partial charge in [0, 0.05) is 46.2 Å². The van der Waals surface area contributed by atoms with E-state index in [9.17, 15) is 4.79 Å². The maximum absolute atomic E-state index is 12.8. The molecule has 1 amide bonds. The second-order valence-corrected chi connectivity index (χ2v) is 6.75. The number of rotatable bonds is 5. The fourth-order valence-electron chi connectivity index (χ4n) is 3.51. The molecule has 0 radical (unpaired) electrons. The summed E-state index contributed by atoms with van der Waals surface area (Å²) in [5.41, 5.74) is 1.27. The number of carbonyl (C=O) groups excluding carboxylic acids is 1. The lowest BCUT2D eigenvalue weighted by Crippen LogP contribution is -2.46. The van der Waals surface area contributed by atoms with Crippen molar-refractivity contribution in [3.63, 3.8) is 0 Å². The molecule has 0 aliphatic carbocycles. The molecule has 0 spiro atoms. The molecule has 1 aliphatic heterocycles. The molecule has 8 nitrogen and oxygen atoms in total. The van der Waals surface area contributed by atoms with Gasteiger partial charge in [-0.25, -0.2) is 0 Å². The predicted octanol–water partition coefficient (Wildman–Crippen LogP) is 1.63. The van der Waals surface area contributed by atoms with Gasteiger partial charge in [-0.2, -0.15) is 10.1 Å². The lowest BCUT2D eigenvalue weighted by atomic mass is 9.75. The molecule has 8 heteroatoms. The van der Waals surface area contributed by atoms with Gasteiger partial charge in [0.2, 0.25) is 5.89 Å². The van der Waals surface area contributed by atoms with Crippen LogP contribution in [0.5, 0.6) is 0 Å². The van der Waals surface area contributed by atoms with Crippen molar-refractivity contribution in [1.82, 2.24) is 24.8 Å². The van der Waals surface area contributed by atoms with Crippen LogP contribution in [-0.2, 0) is 17.2 Å². The van der Waals surface area contributed by atoms with Crippen molar-refractivity contribution in [1.29, 1.82) is 0 Å². The predicted molar refractivity (Wildman–Crippen MR) is 90.3 cm³/mol. The summed E-state index contributed by atoms with van der Waals surface area (Å²) >= 11 is 0. The van der Waals surface area contributed by atoms with Crippen LogP contribution in [0.2, 0.25) is 0 Å². The molecule has 136 valence electrons. The zero-order valence-electron chi connectivity index (χ0n) is 15.3. The lowest BCUT2D eigenvalue weighted by molar-refractivity contribution is 0.0606. The molecule has 0 N–H and O–H groups in total. The summed E-state index contributed by atoms with van der Waals surface area (Å²) in [7, 11) is 3.49. The van der Waals surface area contributed by atoms with Gasteiger partial charge in [-0.15, -0.1) is 0 Å². The van der Waals surface area contributed by atoms with E-state index < -0.39 is 0 Å². The van der Waals surface area contributed by atoms with Crippen LogP contribution in [0, 0.1) is 13.8 Å². The average molecular weight is 347 g/mol. The average Bonchev–Trinajstić information content (AvgIpc) is 3.18. The smallest absolute Gasteiger partial charge is 0.272 e. The molecule has 0 bridgehead atoms. The Morgan fingerprint density at radius 2 is 2.08 bits per heavy atom. The fraction of sp³-hybridized carbons (Fsp3) is 0.647. The third kappa shape index (κ3) is 3.44. The molecule has 0 unspecified atom stereocenters. The van der Waals surface area contributed by atoms with E-state index in [1.54, 1.807) is 25.8 Å². The summed E-state index contributed by atoms with van der Waals surface area (Å²) in [5.74, 6) is 1.31. The standard InChI is InChI=1S/C17H25N5O3/c1-12-11-14(21(3)19-12)15(23)22-8-5-17(6-9-22,7-10-24-4)16-18-13(2)25-20-16/h11H,5-10H2,1-4H3. The maximum Gasteiger partial charge on any atom is 0.272 e. The number of likely N-dealkylation sites (tertiary alicyclic amines) is 1. The molecule has 2 aromatic rings. The molecular formula is C17H25N5O3. The Morgan fingerprint density at radius 1 is 1.36 bits per heavy atom. The van der Waals surface area contributed by atoms with Crippen LogP contribution < -0.4 is 0 Å². The van der Waals surface area contributed by atoms with E-state index in [2.05, 4.69) is 15.2 Å². The normalized spacial score (nSPS) is 17.0. The van der Waals surface area contributed by atoms with Crippen molar-refractivity contribution in [2.45, 2.75) is 38.5 Å². The molecule has 1 fully saturated rings. The Kier molecular flexibility index (Phi) is 4.89. The van der Waals surface area contributed by atoms with Crippen LogP contribution in [0.4, 0.5) is 0 Å². The van der Waals surface area contributed by atoms with E-state index >= 15 is 0 Å². The van der Waals surface area contributed by atoms with Gasteiger partial charge < -0.3 is 14.2 Å². The van der Waals surface area contributed by atoms with Crippen molar-refractivity contribution in [2.75, 3.05) is 26.8 Å². The Hall–Kier alpha value is -2.22. The minimum absolute atomic E-state index is 0.0211. The fourth-order valence-corrected chi connectivity index (χ4v) is 3.51. The lowest BCUT2D eigenvalue weighted by Gasteiger charge is -2.39. The number of carbonyl (C=O) groups is 1. The van der Waals surface area contributed by atoms with E-state index in [-0.39, 0.29) is 11.3 Å². The van der Waals surface area contributed by atoms with E-state index in [0.29, 0.717) is 31.3 Å². The molecule has 0 saturated carbocycles. The van der Waals surface area contributed by atoms with Crippen molar-refractivity contribution >= 4 is 5.91 Å². The zero-order chi connectivity index (χ0) is 18.0. The number of piperidine rings is 1. The first-order valence-electron chi connectivity index (χ1n) is 8.55.